The molecule has 1 saturated carbocycles. The molecule has 150 valence electrons. The van der Waals surface area contributed by atoms with Gasteiger partial charge in [0.2, 0.25) is 0 Å². The molecule has 1 aliphatic carbocycles. The molecule has 7 nitrogen and oxygen atoms in total. The number of nitrogens with one attached hydrogen (secondary N) is 3. The van der Waals surface area contributed by atoms with E-state index in [0.29, 0.717) is 35.5 Å². The molecule has 0 unspecified atom stereocenters. The zero-order valence-corrected chi connectivity index (χ0v) is 16.7. The lowest BCUT2D eigenvalue weighted by Gasteiger charge is -2.13. The van der Waals surface area contributed by atoms with E-state index in [-0.39, 0.29) is 5.91 Å². The number of carbonyl (C=O) groups is 1. The number of hydrogen-bond acceptors (Lipinski definition) is 6. The van der Waals surface area contributed by atoms with Crippen molar-refractivity contribution in [3.8, 4) is 0 Å². The second-order valence-electron chi connectivity index (χ2n) is 7.25. The molecular weight excluding hydrogens is 352 g/mol. The van der Waals surface area contributed by atoms with E-state index in [0.717, 1.165) is 31.5 Å². The maximum atomic E-state index is 12.9. The third-order valence-electron chi connectivity index (χ3n) is 4.91. The number of pyridine rings is 2. The highest BCUT2D eigenvalue weighted by Gasteiger charge is 2.27. The first-order chi connectivity index (χ1) is 13.6. The summed E-state index contributed by atoms with van der Waals surface area (Å²) >= 11 is 0. The number of nitrogens with zero attached hydrogens (tertiary/aromatic N) is 2. The van der Waals surface area contributed by atoms with Gasteiger partial charge >= 0.3 is 0 Å². The van der Waals surface area contributed by atoms with Crippen LogP contribution < -0.4 is 21.7 Å². The average Bonchev–Trinajstić information content (AvgIpc) is 3.54. The summed E-state index contributed by atoms with van der Waals surface area (Å²) in [5.74, 6) is 2.21. The van der Waals surface area contributed by atoms with Crippen LogP contribution in [0.2, 0.25) is 0 Å². The molecule has 0 spiro atoms. The number of aromatic nitrogens is 2. The summed E-state index contributed by atoms with van der Waals surface area (Å²) < 4.78 is 0. The van der Waals surface area contributed by atoms with E-state index in [1.807, 2.05) is 19.2 Å². The summed E-state index contributed by atoms with van der Waals surface area (Å²) in [7, 11) is 1.81. The quantitative estimate of drug-likeness (QED) is 0.469. The summed E-state index contributed by atoms with van der Waals surface area (Å²) in [4.78, 5) is 22.1. The van der Waals surface area contributed by atoms with E-state index in [1.165, 1.54) is 18.4 Å². The molecule has 2 aromatic rings. The Morgan fingerprint density at radius 3 is 2.61 bits per heavy atom. The maximum absolute atomic E-state index is 12.9. The minimum atomic E-state index is -0.210. The van der Waals surface area contributed by atoms with Crippen LogP contribution in [0.5, 0.6) is 0 Å². The lowest BCUT2D eigenvalue weighted by Crippen LogP contribution is -2.18. The third kappa shape index (κ3) is 5.19. The molecule has 0 aliphatic heterocycles. The van der Waals surface area contributed by atoms with Crippen LogP contribution in [0.25, 0.3) is 0 Å². The van der Waals surface area contributed by atoms with Gasteiger partial charge in [-0.3, -0.25) is 4.79 Å². The second kappa shape index (κ2) is 9.50. The molecule has 0 bridgehead atoms. The Morgan fingerprint density at radius 2 is 1.89 bits per heavy atom. The van der Waals surface area contributed by atoms with Gasteiger partial charge in [-0.2, -0.15) is 0 Å². The Balaban J connectivity index is 1.72. The van der Waals surface area contributed by atoms with Gasteiger partial charge in [-0.15, -0.1) is 0 Å². The van der Waals surface area contributed by atoms with Crippen molar-refractivity contribution in [3.63, 3.8) is 0 Å². The largest absolute Gasteiger partial charge is 0.373 e. The molecule has 1 fully saturated rings. The molecule has 1 amide bonds. The number of hydrogen-bond donors (Lipinski definition) is 4. The number of nitrogens with two attached hydrogens (primary N) is 1. The van der Waals surface area contributed by atoms with E-state index < -0.39 is 0 Å². The molecule has 2 heterocycles. The molecular formula is C21H30N6O. The molecule has 1 aliphatic rings. The average molecular weight is 383 g/mol. The molecule has 0 saturated heterocycles. The van der Waals surface area contributed by atoms with Crippen LogP contribution in [-0.2, 0) is 0 Å². The van der Waals surface area contributed by atoms with Gasteiger partial charge in [-0.05, 0) is 62.9 Å². The van der Waals surface area contributed by atoms with Crippen molar-refractivity contribution < 1.29 is 4.79 Å². The standard InChI is InChI=1S/C21H30N6O/c1-14-6-10-18(25-19(14)15-7-8-15)27-21(28)16-9-11-17(23-2)26-20(16)24-13-5-3-4-12-22/h6,9-11,15H,3-5,7-8,12-13,22H2,1-2H3,(H2,23,24,26)(H,25,27,28). The minimum Gasteiger partial charge on any atom is -0.373 e. The first kappa shape index (κ1) is 20.1. The molecule has 7 heteroatoms. The summed E-state index contributed by atoms with van der Waals surface area (Å²) in [6, 6.07) is 7.46. The zero-order valence-electron chi connectivity index (χ0n) is 16.7. The lowest BCUT2D eigenvalue weighted by molar-refractivity contribution is 0.102. The normalized spacial score (nSPS) is 13.2. The number of carbonyl (C=O) groups excluding carboxylic acids is 1. The van der Waals surface area contributed by atoms with Gasteiger partial charge in [-0.25, -0.2) is 9.97 Å². The molecule has 2 aromatic heterocycles. The van der Waals surface area contributed by atoms with Crippen LogP contribution in [-0.4, -0.2) is 36.0 Å². The smallest absolute Gasteiger partial charge is 0.260 e. The monoisotopic (exact) mass is 382 g/mol. The van der Waals surface area contributed by atoms with Crippen molar-refractivity contribution in [3.05, 3.63) is 41.1 Å². The summed E-state index contributed by atoms with van der Waals surface area (Å²) in [5.41, 5.74) is 8.32. The highest BCUT2D eigenvalue weighted by atomic mass is 16.1. The van der Waals surface area contributed by atoms with Crippen LogP contribution >= 0.6 is 0 Å². The molecule has 0 atom stereocenters. The van der Waals surface area contributed by atoms with Crippen molar-refractivity contribution in [2.45, 2.75) is 44.9 Å². The van der Waals surface area contributed by atoms with Crippen LogP contribution in [0.15, 0.2) is 24.3 Å². The number of anilines is 3. The van der Waals surface area contributed by atoms with E-state index in [4.69, 9.17) is 5.73 Å². The molecule has 5 N–H and O–H groups in total. The zero-order chi connectivity index (χ0) is 19.9. The van der Waals surface area contributed by atoms with Gasteiger partial charge in [0, 0.05) is 25.2 Å². The molecule has 3 rings (SSSR count). The fourth-order valence-electron chi connectivity index (χ4n) is 3.14. The van der Waals surface area contributed by atoms with Gasteiger partial charge in [0.15, 0.2) is 0 Å². The first-order valence-corrected chi connectivity index (χ1v) is 10.0. The van der Waals surface area contributed by atoms with E-state index in [2.05, 4.69) is 32.8 Å². The van der Waals surface area contributed by atoms with E-state index >= 15 is 0 Å². The summed E-state index contributed by atoms with van der Waals surface area (Å²) in [5, 5.41) is 9.23. The molecule has 0 aromatic carbocycles. The Labute approximate surface area is 166 Å². The van der Waals surface area contributed by atoms with Crippen molar-refractivity contribution in [1.82, 2.24) is 9.97 Å². The van der Waals surface area contributed by atoms with Crippen LogP contribution in [0.4, 0.5) is 17.5 Å². The number of unbranched alkanes of at least 4 members (excludes halogenated alkanes) is 2. The lowest BCUT2D eigenvalue weighted by atomic mass is 10.1. The van der Waals surface area contributed by atoms with Crippen molar-refractivity contribution in [2.24, 2.45) is 5.73 Å². The van der Waals surface area contributed by atoms with Crippen LogP contribution in [0.3, 0.4) is 0 Å². The number of aryl methyl sites for hydroxylation is 1. The van der Waals surface area contributed by atoms with Gasteiger partial charge in [0.25, 0.3) is 5.91 Å². The highest BCUT2D eigenvalue weighted by Crippen LogP contribution is 2.40. The van der Waals surface area contributed by atoms with Crippen molar-refractivity contribution >= 4 is 23.4 Å². The van der Waals surface area contributed by atoms with E-state index in [9.17, 15) is 4.79 Å². The van der Waals surface area contributed by atoms with Gasteiger partial charge in [0.05, 0.1) is 5.56 Å². The van der Waals surface area contributed by atoms with Gasteiger partial charge < -0.3 is 21.7 Å². The van der Waals surface area contributed by atoms with Crippen molar-refractivity contribution in [1.29, 1.82) is 0 Å². The van der Waals surface area contributed by atoms with E-state index in [1.54, 1.807) is 12.1 Å². The van der Waals surface area contributed by atoms with Gasteiger partial charge in [-0.1, -0.05) is 12.5 Å². The first-order valence-electron chi connectivity index (χ1n) is 10.0. The van der Waals surface area contributed by atoms with Crippen LogP contribution in [0, 0.1) is 6.92 Å². The minimum absolute atomic E-state index is 0.210. The summed E-state index contributed by atoms with van der Waals surface area (Å²) in [6.07, 6.45) is 5.39. The number of amides is 1. The van der Waals surface area contributed by atoms with Crippen molar-refractivity contribution in [2.75, 3.05) is 36.1 Å². The Kier molecular flexibility index (Phi) is 6.81. The highest BCUT2D eigenvalue weighted by molar-refractivity contribution is 6.07. The van der Waals surface area contributed by atoms with Crippen LogP contribution in [0.1, 0.15) is 59.6 Å². The fourth-order valence-corrected chi connectivity index (χ4v) is 3.14. The predicted octanol–water partition coefficient (Wildman–Crippen LogP) is 3.50. The third-order valence-corrected chi connectivity index (χ3v) is 4.91. The fraction of sp³-hybridized carbons (Fsp3) is 0.476. The SMILES string of the molecule is CNc1ccc(C(=O)Nc2ccc(C)c(C3CC3)n2)c(NCCCCCN)n1. The molecule has 28 heavy (non-hydrogen) atoms. The topological polar surface area (TPSA) is 105 Å². The Hall–Kier alpha value is -2.67. The Morgan fingerprint density at radius 1 is 1.11 bits per heavy atom. The second-order valence-corrected chi connectivity index (χ2v) is 7.25. The maximum Gasteiger partial charge on any atom is 0.260 e. The number of rotatable bonds is 10. The molecule has 0 radical (unpaired) electrons. The predicted molar refractivity (Wildman–Crippen MR) is 114 cm³/mol. The van der Waals surface area contributed by atoms with Gasteiger partial charge in [0.1, 0.15) is 17.5 Å². The summed E-state index contributed by atoms with van der Waals surface area (Å²) in [6.45, 7) is 3.52. The Bertz CT molecular complexity index is 819.